The Kier molecular flexibility index (Phi) is 2.73. The van der Waals surface area contributed by atoms with E-state index in [1.165, 1.54) is 0 Å². The minimum Gasteiger partial charge on any atom is -0.408 e. The van der Waals surface area contributed by atoms with Crippen LogP contribution in [0.4, 0.5) is 0 Å². The van der Waals surface area contributed by atoms with Gasteiger partial charge in [0.15, 0.2) is 5.58 Å². The number of oxazole rings is 1. The van der Waals surface area contributed by atoms with Crippen LogP contribution in [0.1, 0.15) is 5.56 Å². The topological polar surface area (TPSA) is 53.0 Å². The predicted molar refractivity (Wildman–Crippen MR) is 75.5 cm³/mol. The average Bonchev–Trinajstić information content (AvgIpc) is 2.86. The van der Waals surface area contributed by atoms with E-state index in [0.717, 1.165) is 14.7 Å². The molecule has 1 aromatic carbocycles. The molecule has 0 unspecified atom stereocenters. The molecule has 5 nitrogen and oxygen atoms in total. The molecule has 92 valence electrons. The number of hydrogen-bond donors (Lipinski definition) is 0. The molecule has 18 heavy (non-hydrogen) atoms. The van der Waals surface area contributed by atoms with Gasteiger partial charge in [-0.3, -0.25) is 9.25 Å². The summed E-state index contributed by atoms with van der Waals surface area (Å²) in [5, 5.41) is 4.09. The van der Waals surface area contributed by atoms with E-state index in [2.05, 4.69) is 27.7 Å². The molecular formula is C12H10IN3O2. The smallest absolute Gasteiger partial charge is 0.408 e. The fraction of sp³-hybridized carbons (Fsp3) is 0.167. The van der Waals surface area contributed by atoms with Crippen LogP contribution in [0.25, 0.3) is 11.1 Å². The van der Waals surface area contributed by atoms with Crippen LogP contribution in [-0.4, -0.2) is 14.3 Å². The van der Waals surface area contributed by atoms with Crippen molar-refractivity contribution in [3.05, 3.63) is 50.3 Å². The van der Waals surface area contributed by atoms with E-state index in [9.17, 15) is 4.79 Å². The first-order chi connectivity index (χ1) is 8.63. The van der Waals surface area contributed by atoms with Gasteiger partial charge < -0.3 is 4.42 Å². The lowest BCUT2D eigenvalue weighted by Crippen LogP contribution is -2.14. The fourth-order valence-electron chi connectivity index (χ4n) is 1.92. The largest absolute Gasteiger partial charge is 0.420 e. The van der Waals surface area contributed by atoms with Gasteiger partial charge in [0.05, 0.1) is 18.3 Å². The van der Waals surface area contributed by atoms with Crippen LogP contribution in [0.2, 0.25) is 0 Å². The normalized spacial score (nSPS) is 11.2. The molecule has 0 aliphatic heterocycles. The molecule has 0 atom stereocenters. The van der Waals surface area contributed by atoms with Crippen molar-refractivity contribution < 1.29 is 4.42 Å². The maximum Gasteiger partial charge on any atom is 0.420 e. The molecular weight excluding hydrogens is 345 g/mol. The van der Waals surface area contributed by atoms with Crippen molar-refractivity contribution in [3.8, 4) is 0 Å². The summed E-state index contributed by atoms with van der Waals surface area (Å²) in [7, 11) is 1.85. The van der Waals surface area contributed by atoms with Crippen LogP contribution in [0.3, 0.4) is 0 Å². The minimum atomic E-state index is -0.337. The molecule has 2 aromatic heterocycles. The third-order valence-corrected chi connectivity index (χ3v) is 3.40. The molecule has 0 N–H and O–H groups in total. The Bertz CT molecular complexity index is 769. The van der Waals surface area contributed by atoms with Crippen LogP contribution in [0, 0.1) is 3.57 Å². The van der Waals surface area contributed by atoms with Gasteiger partial charge in [0.2, 0.25) is 0 Å². The van der Waals surface area contributed by atoms with Crippen LogP contribution >= 0.6 is 22.6 Å². The molecule has 6 heteroatoms. The summed E-state index contributed by atoms with van der Waals surface area (Å²) in [4.78, 5) is 11.8. The lowest BCUT2D eigenvalue weighted by molar-refractivity contribution is 0.517. The molecule has 0 aliphatic carbocycles. The molecule has 3 rings (SSSR count). The summed E-state index contributed by atoms with van der Waals surface area (Å²) in [6.45, 7) is 0.472. The van der Waals surface area contributed by atoms with E-state index >= 15 is 0 Å². The number of rotatable bonds is 2. The summed E-state index contributed by atoms with van der Waals surface area (Å²) < 4.78 is 9.61. The summed E-state index contributed by atoms with van der Waals surface area (Å²) in [6.07, 6.45) is 3.64. The second-order valence-corrected chi connectivity index (χ2v) is 5.33. The highest BCUT2D eigenvalue weighted by Gasteiger charge is 2.10. The van der Waals surface area contributed by atoms with Gasteiger partial charge in [-0.2, -0.15) is 5.10 Å². The molecule has 0 saturated carbocycles. The first-order valence-corrected chi connectivity index (χ1v) is 6.48. The lowest BCUT2D eigenvalue weighted by Gasteiger charge is -1.99. The highest BCUT2D eigenvalue weighted by Crippen LogP contribution is 2.17. The maximum absolute atomic E-state index is 11.8. The lowest BCUT2D eigenvalue weighted by atomic mass is 10.3. The van der Waals surface area contributed by atoms with Crippen LogP contribution < -0.4 is 5.76 Å². The van der Waals surface area contributed by atoms with E-state index < -0.39 is 0 Å². The fourth-order valence-corrected chi connectivity index (χ4v) is 2.40. The van der Waals surface area contributed by atoms with Crippen LogP contribution in [-0.2, 0) is 13.6 Å². The van der Waals surface area contributed by atoms with Gasteiger partial charge in [-0.1, -0.05) is 0 Å². The SMILES string of the molecule is Cn1cc(Cn2c(=O)oc3ccc(I)cc32)cn1. The number of nitrogens with zero attached hydrogens (tertiary/aromatic N) is 3. The maximum atomic E-state index is 11.8. The molecule has 0 amide bonds. The van der Waals surface area contributed by atoms with E-state index in [-0.39, 0.29) is 5.76 Å². The van der Waals surface area contributed by atoms with Gasteiger partial charge in [0.1, 0.15) is 0 Å². The summed E-state index contributed by atoms with van der Waals surface area (Å²) >= 11 is 2.22. The zero-order valence-corrected chi connectivity index (χ0v) is 11.8. The van der Waals surface area contributed by atoms with E-state index in [1.807, 2.05) is 31.4 Å². The Labute approximate surface area is 116 Å². The van der Waals surface area contributed by atoms with Gasteiger partial charge in [0, 0.05) is 22.4 Å². The molecule has 3 aromatic rings. The van der Waals surface area contributed by atoms with Gasteiger partial charge in [0.25, 0.3) is 0 Å². The molecule has 0 saturated heterocycles. The third-order valence-electron chi connectivity index (χ3n) is 2.73. The number of aromatic nitrogens is 3. The summed E-state index contributed by atoms with van der Waals surface area (Å²) in [5.41, 5.74) is 2.40. The first kappa shape index (κ1) is 11.5. The highest BCUT2D eigenvalue weighted by atomic mass is 127. The van der Waals surface area contributed by atoms with Crippen molar-refractivity contribution in [1.29, 1.82) is 0 Å². The Balaban J connectivity index is 2.13. The van der Waals surface area contributed by atoms with Crippen molar-refractivity contribution >= 4 is 33.7 Å². The van der Waals surface area contributed by atoms with Gasteiger partial charge in [-0.25, -0.2) is 4.79 Å². The Morgan fingerprint density at radius 3 is 3.00 bits per heavy atom. The second-order valence-electron chi connectivity index (χ2n) is 4.09. The zero-order chi connectivity index (χ0) is 12.7. The molecule has 0 bridgehead atoms. The number of hydrogen-bond acceptors (Lipinski definition) is 3. The number of aryl methyl sites for hydroxylation is 1. The van der Waals surface area contributed by atoms with Crippen molar-refractivity contribution in [3.63, 3.8) is 0 Å². The Morgan fingerprint density at radius 2 is 2.28 bits per heavy atom. The van der Waals surface area contributed by atoms with Gasteiger partial charge >= 0.3 is 5.76 Å². The van der Waals surface area contributed by atoms with E-state index in [4.69, 9.17) is 4.42 Å². The van der Waals surface area contributed by atoms with E-state index in [0.29, 0.717) is 12.1 Å². The van der Waals surface area contributed by atoms with Crippen molar-refractivity contribution in [2.24, 2.45) is 7.05 Å². The number of fused-ring (bicyclic) bond motifs is 1. The third kappa shape index (κ3) is 1.96. The van der Waals surface area contributed by atoms with Crippen LogP contribution in [0.15, 0.2) is 39.8 Å². The van der Waals surface area contributed by atoms with Crippen LogP contribution in [0.5, 0.6) is 0 Å². The van der Waals surface area contributed by atoms with Gasteiger partial charge in [-0.05, 0) is 40.8 Å². The molecule has 0 spiro atoms. The van der Waals surface area contributed by atoms with E-state index in [1.54, 1.807) is 15.4 Å². The quantitative estimate of drug-likeness (QED) is 0.661. The van der Waals surface area contributed by atoms with Crippen molar-refractivity contribution in [2.45, 2.75) is 6.54 Å². The Hall–Kier alpha value is -1.57. The molecule has 0 radical (unpaired) electrons. The predicted octanol–water partition coefficient (Wildman–Crippen LogP) is 1.98. The molecule has 2 heterocycles. The average molecular weight is 355 g/mol. The van der Waals surface area contributed by atoms with Crippen molar-refractivity contribution in [1.82, 2.24) is 14.3 Å². The van der Waals surface area contributed by atoms with Gasteiger partial charge in [-0.15, -0.1) is 0 Å². The molecule has 0 aliphatic rings. The minimum absolute atomic E-state index is 0.337. The zero-order valence-electron chi connectivity index (χ0n) is 9.63. The second kappa shape index (κ2) is 4.27. The standard InChI is InChI=1S/C12H10IN3O2/c1-15-6-8(5-14-15)7-16-10-4-9(13)2-3-11(10)18-12(16)17/h2-6H,7H2,1H3. The Morgan fingerprint density at radius 1 is 1.44 bits per heavy atom. The number of halogens is 1. The first-order valence-electron chi connectivity index (χ1n) is 5.40. The summed E-state index contributed by atoms with van der Waals surface area (Å²) in [5.74, 6) is -0.337. The monoisotopic (exact) mass is 355 g/mol. The summed E-state index contributed by atoms with van der Waals surface area (Å²) in [6, 6.07) is 5.68. The van der Waals surface area contributed by atoms with Crippen molar-refractivity contribution in [2.75, 3.05) is 0 Å². The molecule has 0 fully saturated rings. The highest BCUT2D eigenvalue weighted by molar-refractivity contribution is 14.1. The number of benzene rings is 1.